The minimum Gasteiger partial charge on any atom is -0.495 e. The van der Waals surface area contributed by atoms with Crippen LogP contribution >= 0.6 is 0 Å². The van der Waals surface area contributed by atoms with E-state index in [0.717, 1.165) is 5.56 Å². The quantitative estimate of drug-likeness (QED) is 0.851. The third kappa shape index (κ3) is 4.46. The van der Waals surface area contributed by atoms with Gasteiger partial charge in [0.2, 0.25) is 5.91 Å². The molecule has 1 saturated heterocycles. The molecule has 27 heavy (non-hydrogen) atoms. The highest BCUT2D eigenvalue weighted by Gasteiger charge is 2.28. The summed E-state index contributed by atoms with van der Waals surface area (Å²) in [5, 5.41) is 2.94. The maximum atomic E-state index is 12.6. The van der Waals surface area contributed by atoms with Gasteiger partial charge in [0.05, 0.1) is 12.8 Å². The minimum absolute atomic E-state index is 0.00200. The van der Waals surface area contributed by atoms with Gasteiger partial charge in [-0.15, -0.1) is 0 Å². The first kappa shape index (κ1) is 18.9. The molecular formula is C21H25N3O3. The highest BCUT2D eigenvalue weighted by Crippen LogP contribution is 2.26. The first-order valence-corrected chi connectivity index (χ1v) is 9.14. The van der Waals surface area contributed by atoms with E-state index in [1.807, 2.05) is 53.4 Å². The number of hydrogen-bond donors (Lipinski definition) is 2. The van der Waals surface area contributed by atoms with Crippen molar-refractivity contribution in [1.82, 2.24) is 4.90 Å². The normalized spacial score (nSPS) is 14.7. The first-order chi connectivity index (χ1) is 13.1. The zero-order chi connectivity index (χ0) is 19.2. The molecule has 2 aromatic carbocycles. The maximum absolute atomic E-state index is 12.6. The number of piperidine rings is 1. The van der Waals surface area contributed by atoms with Crippen LogP contribution in [0.2, 0.25) is 0 Å². The van der Waals surface area contributed by atoms with E-state index in [9.17, 15) is 9.59 Å². The molecule has 1 aliphatic rings. The van der Waals surface area contributed by atoms with Gasteiger partial charge in [-0.2, -0.15) is 0 Å². The van der Waals surface area contributed by atoms with Crippen LogP contribution in [0.4, 0.5) is 5.69 Å². The van der Waals surface area contributed by atoms with Gasteiger partial charge < -0.3 is 20.7 Å². The van der Waals surface area contributed by atoms with E-state index in [4.69, 9.17) is 10.5 Å². The molecule has 142 valence electrons. The molecular weight excluding hydrogens is 342 g/mol. The van der Waals surface area contributed by atoms with E-state index in [-0.39, 0.29) is 17.7 Å². The molecule has 6 heteroatoms. The summed E-state index contributed by atoms with van der Waals surface area (Å²) in [5.41, 5.74) is 7.92. The Morgan fingerprint density at radius 3 is 2.41 bits per heavy atom. The van der Waals surface area contributed by atoms with Gasteiger partial charge in [-0.1, -0.05) is 24.3 Å². The number of carbonyl (C=O) groups is 2. The molecule has 1 aliphatic heterocycles. The average Bonchev–Trinajstić information content (AvgIpc) is 2.73. The Balaban J connectivity index is 1.56. The molecule has 0 saturated carbocycles. The monoisotopic (exact) mass is 367 g/mol. The van der Waals surface area contributed by atoms with E-state index < -0.39 is 0 Å². The summed E-state index contributed by atoms with van der Waals surface area (Å²) in [6.45, 7) is 1.60. The predicted molar refractivity (Wildman–Crippen MR) is 105 cm³/mol. The van der Waals surface area contributed by atoms with Crippen LogP contribution in [0.5, 0.6) is 5.75 Å². The summed E-state index contributed by atoms with van der Waals surface area (Å²) in [4.78, 5) is 27.0. The Bertz CT molecular complexity index is 797. The largest absolute Gasteiger partial charge is 0.495 e. The van der Waals surface area contributed by atoms with Crippen LogP contribution in [0.15, 0.2) is 48.5 Å². The molecule has 3 N–H and O–H groups in total. The van der Waals surface area contributed by atoms with Gasteiger partial charge in [0.25, 0.3) is 5.91 Å². The highest BCUT2D eigenvalue weighted by molar-refractivity contribution is 5.96. The number of hydrogen-bond acceptors (Lipinski definition) is 4. The zero-order valence-corrected chi connectivity index (χ0v) is 15.5. The van der Waals surface area contributed by atoms with Crippen molar-refractivity contribution in [3.8, 4) is 5.75 Å². The van der Waals surface area contributed by atoms with Gasteiger partial charge in [-0.25, -0.2) is 0 Å². The van der Waals surface area contributed by atoms with Gasteiger partial charge in [-0.05, 0) is 42.7 Å². The lowest BCUT2D eigenvalue weighted by Gasteiger charge is -2.31. The third-order valence-electron chi connectivity index (χ3n) is 4.95. The first-order valence-electron chi connectivity index (χ1n) is 9.14. The van der Waals surface area contributed by atoms with Gasteiger partial charge in [0, 0.05) is 31.1 Å². The zero-order valence-electron chi connectivity index (χ0n) is 15.5. The van der Waals surface area contributed by atoms with E-state index >= 15 is 0 Å². The van der Waals surface area contributed by atoms with Gasteiger partial charge in [-0.3, -0.25) is 9.59 Å². The van der Waals surface area contributed by atoms with E-state index in [1.165, 1.54) is 0 Å². The molecule has 1 heterocycles. The van der Waals surface area contributed by atoms with Crippen LogP contribution in [-0.2, 0) is 11.3 Å². The van der Waals surface area contributed by atoms with Crippen LogP contribution in [0.3, 0.4) is 0 Å². The molecule has 1 fully saturated rings. The summed E-state index contributed by atoms with van der Waals surface area (Å²) in [6, 6.07) is 14.7. The Hall–Kier alpha value is -2.86. The van der Waals surface area contributed by atoms with Crippen molar-refractivity contribution in [3.63, 3.8) is 0 Å². The predicted octanol–water partition coefficient (Wildman–Crippen LogP) is 2.64. The second-order valence-electron chi connectivity index (χ2n) is 6.66. The van der Waals surface area contributed by atoms with Crippen LogP contribution in [-0.4, -0.2) is 36.9 Å². The van der Waals surface area contributed by atoms with Crippen molar-refractivity contribution in [2.24, 2.45) is 11.7 Å². The van der Waals surface area contributed by atoms with Gasteiger partial charge >= 0.3 is 0 Å². The number of nitrogens with zero attached hydrogens (tertiary/aromatic N) is 1. The van der Waals surface area contributed by atoms with Crippen molar-refractivity contribution >= 4 is 17.5 Å². The van der Waals surface area contributed by atoms with E-state index in [2.05, 4.69) is 5.32 Å². The summed E-state index contributed by atoms with van der Waals surface area (Å²) in [6.07, 6.45) is 1.29. The number of nitrogens with one attached hydrogen (secondary N) is 1. The van der Waals surface area contributed by atoms with Crippen molar-refractivity contribution < 1.29 is 14.3 Å². The summed E-state index contributed by atoms with van der Waals surface area (Å²) in [5.74, 6) is 0.499. The Morgan fingerprint density at radius 2 is 1.78 bits per heavy atom. The molecule has 0 unspecified atom stereocenters. The Kier molecular flexibility index (Phi) is 6.08. The molecule has 3 rings (SSSR count). The molecule has 0 atom stereocenters. The van der Waals surface area contributed by atoms with E-state index in [0.29, 0.717) is 49.5 Å². The van der Waals surface area contributed by atoms with Crippen LogP contribution in [0.1, 0.15) is 28.8 Å². The molecule has 0 spiro atoms. The lowest BCUT2D eigenvalue weighted by atomic mass is 9.95. The molecule has 2 aromatic rings. The topological polar surface area (TPSA) is 84.7 Å². The molecule has 0 aliphatic carbocycles. The fourth-order valence-corrected chi connectivity index (χ4v) is 3.29. The number of amides is 2. The standard InChI is InChI=1S/C21H25N3O3/c1-27-19-5-3-2-4-18(19)23-20(25)16-10-12-24(13-11-16)21(26)17-8-6-15(14-22)7-9-17/h2-9,16H,10-14,22H2,1H3,(H,23,25). The SMILES string of the molecule is COc1ccccc1NC(=O)C1CCN(C(=O)c2ccc(CN)cc2)CC1. The van der Waals surface area contributed by atoms with E-state index in [1.54, 1.807) is 7.11 Å². The molecule has 0 radical (unpaired) electrons. The Morgan fingerprint density at radius 1 is 1.11 bits per heavy atom. The average molecular weight is 367 g/mol. The summed E-state index contributed by atoms with van der Waals surface area (Å²) < 4.78 is 5.27. The number of ether oxygens (including phenoxy) is 1. The second-order valence-corrected chi connectivity index (χ2v) is 6.66. The number of para-hydroxylation sites is 2. The number of nitrogens with two attached hydrogens (primary N) is 1. The van der Waals surface area contributed by atoms with Crippen LogP contribution in [0, 0.1) is 5.92 Å². The molecule has 0 bridgehead atoms. The number of benzene rings is 2. The number of likely N-dealkylation sites (tertiary alicyclic amines) is 1. The highest BCUT2D eigenvalue weighted by atomic mass is 16.5. The number of rotatable bonds is 5. The van der Waals surface area contributed by atoms with Gasteiger partial charge in [0.15, 0.2) is 0 Å². The van der Waals surface area contributed by atoms with Crippen molar-refractivity contribution in [2.45, 2.75) is 19.4 Å². The minimum atomic E-state index is -0.112. The summed E-state index contributed by atoms with van der Waals surface area (Å²) in [7, 11) is 1.58. The second kappa shape index (κ2) is 8.68. The van der Waals surface area contributed by atoms with Crippen LogP contribution in [0.25, 0.3) is 0 Å². The van der Waals surface area contributed by atoms with Gasteiger partial charge in [0.1, 0.15) is 5.75 Å². The molecule has 6 nitrogen and oxygen atoms in total. The fourth-order valence-electron chi connectivity index (χ4n) is 3.29. The number of methoxy groups -OCH3 is 1. The van der Waals surface area contributed by atoms with Crippen molar-refractivity contribution in [3.05, 3.63) is 59.7 Å². The lowest BCUT2D eigenvalue weighted by Crippen LogP contribution is -2.41. The maximum Gasteiger partial charge on any atom is 0.253 e. The Labute approximate surface area is 159 Å². The van der Waals surface area contributed by atoms with Crippen molar-refractivity contribution in [1.29, 1.82) is 0 Å². The third-order valence-corrected chi connectivity index (χ3v) is 4.95. The number of carbonyl (C=O) groups excluding carboxylic acids is 2. The van der Waals surface area contributed by atoms with Crippen molar-refractivity contribution in [2.75, 3.05) is 25.5 Å². The number of anilines is 1. The smallest absolute Gasteiger partial charge is 0.253 e. The molecule has 2 amide bonds. The summed E-state index contributed by atoms with van der Waals surface area (Å²) >= 11 is 0. The fraction of sp³-hybridized carbons (Fsp3) is 0.333. The molecule has 0 aromatic heterocycles. The lowest BCUT2D eigenvalue weighted by molar-refractivity contribution is -0.121. The van der Waals surface area contributed by atoms with Crippen LogP contribution < -0.4 is 15.8 Å².